The third-order valence-corrected chi connectivity index (χ3v) is 3.55. The topological polar surface area (TPSA) is 89.1 Å². The van der Waals surface area contributed by atoms with Crippen molar-refractivity contribution in [2.24, 2.45) is 0 Å². The first-order valence-corrected chi connectivity index (χ1v) is 6.85. The fourth-order valence-corrected chi connectivity index (χ4v) is 2.25. The first-order valence-electron chi connectivity index (χ1n) is 6.85. The average Bonchev–Trinajstić information content (AvgIpc) is 3.30. The van der Waals surface area contributed by atoms with Crippen LogP contribution in [0.5, 0.6) is 0 Å². The summed E-state index contributed by atoms with van der Waals surface area (Å²) in [6.45, 7) is 0. The lowest BCUT2D eigenvalue weighted by molar-refractivity contribution is -0.141. The molecule has 3 N–H and O–H groups in total. The molecule has 1 aliphatic carbocycles. The van der Waals surface area contributed by atoms with E-state index in [4.69, 9.17) is 5.73 Å². The van der Waals surface area contributed by atoms with E-state index in [-0.39, 0.29) is 34.3 Å². The van der Waals surface area contributed by atoms with Gasteiger partial charge < -0.3 is 10.8 Å². The van der Waals surface area contributed by atoms with Crippen molar-refractivity contribution in [3.05, 3.63) is 41.2 Å². The number of hydrogen-bond donors (Lipinski definition) is 2. The Morgan fingerprint density at radius 1 is 1.22 bits per heavy atom. The molecule has 1 fully saturated rings. The van der Waals surface area contributed by atoms with Crippen LogP contribution in [-0.2, 0) is 6.18 Å². The molecule has 23 heavy (non-hydrogen) atoms. The van der Waals surface area contributed by atoms with Crippen molar-refractivity contribution in [2.45, 2.75) is 24.9 Å². The maximum Gasteiger partial charge on any atom is 0.433 e. The van der Waals surface area contributed by atoms with Crippen molar-refractivity contribution >= 4 is 11.7 Å². The van der Waals surface area contributed by atoms with E-state index in [1.54, 1.807) is 0 Å². The van der Waals surface area contributed by atoms with E-state index in [0.717, 1.165) is 18.9 Å². The van der Waals surface area contributed by atoms with Crippen molar-refractivity contribution in [3.63, 3.8) is 0 Å². The van der Waals surface area contributed by atoms with E-state index in [2.05, 4.69) is 9.97 Å². The van der Waals surface area contributed by atoms with Crippen molar-refractivity contribution in [1.82, 2.24) is 9.97 Å². The molecule has 0 unspecified atom stereocenters. The van der Waals surface area contributed by atoms with Crippen LogP contribution < -0.4 is 5.73 Å². The summed E-state index contributed by atoms with van der Waals surface area (Å²) in [6.07, 6.45) is -3.11. The van der Waals surface area contributed by atoms with Crippen molar-refractivity contribution in [1.29, 1.82) is 0 Å². The molecule has 1 aromatic heterocycles. The number of rotatable bonds is 3. The summed E-state index contributed by atoms with van der Waals surface area (Å²) in [5.41, 5.74) is 4.83. The fourth-order valence-electron chi connectivity index (χ4n) is 2.25. The standard InChI is InChI=1S/C15H12F3N3O2/c16-15(17,18)12-6-11(7-1-2-7)20-13(21-12)10-5-8(19)3-4-9(10)14(22)23/h3-7H,1-2,19H2,(H,22,23). The summed E-state index contributed by atoms with van der Waals surface area (Å²) in [6, 6.07) is 4.79. The quantitative estimate of drug-likeness (QED) is 0.846. The lowest BCUT2D eigenvalue weighted by atomic mass is 10.1. The molecule has 8 heteroatoms. The molecule has 0 radical (unpaired) electrons. The Bertz CT molecular complexity index is 786. The number of carbonyl (C=O) groups is 1. The first kappa shape index (κ1) is 15.3. The summed E-state index contributed by atoms with van der Waals surface area (Å²) in [4.78, 5) is 18.9. The number of nitrogen functional groups attached to an aromatic ring is 1. The van der Waals surface area contributed by atoms with E-state index in [1.165, 1.54) is 18.2 Å². The highest BCUT2D eigenvalue weighted by atomic mass is 19.4. The third-order valence-electron chi connectivity index (χ3n) is 3.55. The molecule has 120 valence electrons. The molecule has 0 amide bonds. The maximum atomic E-state index is 13.1. The number of benzene rings is 1. The number of aromatic carboxylic acids is 1. The third kappa shape index (κ3) is 3.10. The van der Waals surface area contributed by atoms with E-state index < -0.39 is 17.8 Å². The molecular formula is C15H12F3N3O2. The highest BCUT2D eigenvalue weighted by molar-refractivity contribution is 5.95. The van der Waals surface area contributed by atoms with E-state index in [1.807, 2.05) is 0 Å². The van der Waals surface area contributed by atoms with Gasteiger partial charge in [-0.2, -0.15) is 13.2 Å². The number of nitrogens with two attached hydrogens (primary N) is 1. The number of alkyl halides is 3. The second kappa shape index (κ2) is 5.22. The van der Waals surface area contributed by atoms with E-state index in [0.29, 0.717) is 0 Å². The van der Waals surface area contributed by atoms with Crippen molar-refractivity contribution < 1.29 is 23.1 Å². The molecule has 3 rings (SSSR count). The molecule has 0 atom stereocenters. The van der Waals surface area contributed by atoms with Crippen LogP contribution in [0.4, 0.5) is 18.9 Å². The minimum Gasteiger partial charge on any atom is -0.478 e. The summed E-state index contributed by atoms with van der Waals surface area (Å²) in [7, 11) is 0. The number of anilines is 1. The number of halogens is 3. The normalized spacial score (nSPS) is 14.7. The van der Waals surface area contributed by atoms with Gasteiger partial charge in [0.15, 0.2) is 5.82 Å². The molecule has 1 aliphatic rings. The van der Waals surface area contributed by atoms with E-state index >= 15 is 0 Å². The zero-order valence-electron chi connectivity index (χ0n) is 11.8. The van der Waals surface area contributed by atoms with Crippen molar-refractivity contribution in [2.75, 3.05) is 5.73 Å². The van der Waals surface area contributed by atoms with Gasteiger partial charge in [-0.05, 0) is 37.1 Å². The SMILES string of the molecule is Nc1ccc(C(=O)O)c(-c2nc(C3CC3)cc(C(F)(F)F)n2)c1. The van der Waals surface area contributed by atoms with Gasteiger partial charge in [-0.15, -0.1) is 0 Å². The largest absolute Gasteiger partial charge is 0.478 e. The van der Waals surface area contributed by atoms with Crippen LogP contribution in [0.15, 0.2) is 24.3 Å². The molecule has 0 saturated heterocycles. The van der Waals surface area contributed by atoms with Gasteiger partial charge in [-0.25, -0.2) is 14.8 Å². The number of hydrogen-bond acceptors (Lipinski definition) is 4. The zero-order chi connectivity index (χ0) is 16.8. The van der Waals surface area contributed by atoms with Gasteiger partial charge in [-0.3, -0.25) is 0 Å². The van der Waals surface area contributed by atoms with Crippen LogP contribution in [0.1, 0.15) is 40.5 Å². The zero-order valence-corrected chi connectivity index (χ0v) is 11.8. The van der Waals surface area contributed by atoms with Crippen LogP contribution in [0.2, 0.25) is 0 Å². The molecule has 2 aromatic rings. The highest BCUT2D eigenvalue weighted by Gasteiger charge is 2.36. The average molecular weight is 323 g/mol. The predicted molar refractivity (Wildman–Crippen MR) is 75.8 cm³/mol. The fraction of sp³-hybridized carbons (Fsp3) is 0.267. The summed E-state index contributed by atoms with van der Waals surface area (Å²) in [5.74, 6) is -1.59. The Balaban J connectivity index is 2.21. The summed E-state index contributed by atoms with van der Waals surface area (Å²) < 4.78 is 39.2. The van der Waals surface area contributed by atoms with Gasteiger partial charge in [0.2, 0.25) is 0 Å². The molecule has 1 aromatic carbocycles. The molecule has 0 aliphatic heterocycles. The van der Waals surface area contributed by atoms with Crippen LogP contribution >= 0.6 is 0 Å². The Morgan fingerprint density at radius 3 is 2.48 bits per heavy atom. The second-order valence-electron chi connectivity index (χ2n) is 5.38. The Labute approximate surface area is 129 Å². The Kier molecular flexibility index (Phi) is 3.46. The van der Waals surface area contributed by atoms with Crippen LogP contribution in [-0.4, -0.2) is 21.0 Å². The van der Waals surface area contributed by atoms with Crippen LogP contribution in [0.25, 0.3) is 11.4 Å². The van der Waals surface area contributed by atoms with Crippen LogP contribution in [0, 0.1) is 0 Å². The number of aromatic nitrogens is 2. The summed E-state index contributed by atoms with van der Waals surface area (Å²) >= 11 is 0. The minimum absolute atomic E-state index is 0.0227. The Morgan fingerprint density at radius 2 is 1.91 bits per heavy atom. The second-order valence-corrected chi connectivity index (χ2v) is 5.38. The highest BCUT2D eigenvalue weighted by Crippen LogP contribution is 2.41. The smallest absolute Gasteiger partial charge is 0.433 e. The minimum atomic E-state index is -4.63. The van der Waals surface area contributed by atoms with Gasteiger partial charge in [0.05, 0.1) is 5.56 Å². The lowest BCUT2D eigenvalue weighted by Crippen LogP contribution is -2.12. The monoisotopic (exact) mass is 323 g/mol. The maximum absolute atomic E-state index is 13.1. The summed E-state index contributed by atoms with van der Waals surface area (Å²) in [5, 5.41) is 9.22. The van der Waals surface area contributed by atoms with Crippen LogP contribution in [0.3, 0.4) is 0 Å². The van der Waals surface area contributed by atoms with Crippen molar-refractivity contribution in [3.8, 4) is 11.4 Å². The van der Waals surface area contributed by atoms with E-state index in [9.17, 15) is 23.1 Å². The molecule has 1 saturated carbocycles. The molecule has 1 heterocycles. The van der Waals surface area contributed by atoms with Gasteiger partial charge in [0.1, 0.15) is 5.69 Å². The Hall–Kier alpha value is -2.64. The first-order chi connectivity index (χ1) is 10.8. The van der Waals surface area contributed by atoms with Gasteiger partial charge in [0.25, 0.3) is 0 Å². The number of carboxylic acid groups (broad SMARTS) is 1. The van der Waals surface area contributed by atoms with Gasteiger partial charge >= 0.3 is 12.1 Å². The molecular weight excluding hydrogens is 311 g/mol. The molecule has 0 bridgehead atoms. The molecule has 5 nitrogen and oxygen atoms in total. The molecule has 0 spiro atoms. The van der Waals surface area contributed by atoms with Gasteiger partial charge in [0, 0.05) is 22.9 Å². The lowest BCUT2D eigenvalue weighted by Gasteiger charge is -2.12. The number of nitrogens with zero attached hydrogens (tertiary/aromatic N) is 2. The predicted octanol–water partition coefficient (Wildman–Crippen LogP) is 3.32. The number of carboxylic acids is 1. The van der Waals surface area contributed by atoms with Gasteiger partial charge in [-0.1, -0.05) is 0 Å².